The van der Waals surface area contributed by atoms with Gasteiger partial charge in [0.2, 0.25) is 5.91 Å². The number of halogens is 3. The lowest BCUT2D eigenvalue weighted by Crippen LogP contribution is -2.48. The summed E-state index contributed by atoms with van der Waals surface area (Å²) in [6.07, 6.45) is -5.06. The number of ether oxygens (including phenoxy) is 1. The summed E-state index contributed by atoms with van der Waals surface area (Å²) in [7, 11) is 0. The Labute approximate surface area is 111 Å². The van der Waals surface area contributed by atoms with Crippen LogP contribution in [0.5, 0.6) is 0 Å². The lowest BCUT2D eigenvalue weighted by atomic mass is 10.2. The van der Waals surface area contributed by atoms with E-state index in [9.17, 15) is 27.6 Å². The number of hydrogen-bond donors (Lipinski definition) is 4. The van der Waals surface area contributed by atoms with Gasteiger partial charge in [-0.25, -0.2) is 9.59 Å². The molecule has 11 heteroatoms. The molecule has 0 aliphatic rings. The topological polar surface area (TPSA) is 131 Å². The summed E-state index contributed by atoms with van der Waals surface area (Å²) >= 11 is 0. The highest BCUT2D eigenvalue weighted by molar-refractivity contribution is 5.87. The van der Waals surface area contributed by atoms with Crippen molar-refractivity contribution in [2.45, 2.75) is 18.6 Å². The third kappa shape index (κ3) is 9.94. The van der Waals surface area contributed by atoms with Gasteiger partial charge in [0.05, 0.1) is 13.0 Å². The van der Waals surface area contributed by atoms with Gasteiger partial charge in [-0.05, 0) is 0 Å². The zero-order valence-electron chi connectivity index (χ0n) is 10.2. The van der Waals surface area contributed by atoms with E-state index in [1.54, 1.807) is 0 Å². The van der Waals surface area contributed by atoms with Gasteiger partial charge < -0.3 is 26.2 Å². The van der Waals surface area contributed by atoms with E-state index in [4.69, 9.17) is 10.8 Å². The molecule has 0 bridgehead atoms. The van der Waals surface area contributed by atoms with Gasteiger partial charge in [0.25, 0.3) is 0 Å². The van der Waals surface area contributed by atoms with E-state index in [2.05, 4.69) is 10.1 Å². The molecule has 3 amide bonds. The minimum atomic E-state index is -4.46. The Balaban J connectivity index is 3.91. The molecule has 1 atom stereocenters. The van der Waals surface area contributed by atoms with Gasteiger partial charge in [0.1, 0.15) is 12.6 Å². The molecule has 0 rings (SSSR count). The Morgan fingerprint density at radius 1 is 1.30 bits per heavy atom. The van der Waals surface area contributed by atoms with E-state index in [-0.39, 0.29) is 6.54 Å². The summed E-state index contributed by atoms with van der Waals surface area (Å²) in [5, 5.41) is 12.7. The minimum Gasteiger partial charge on any atom is -0.480 e. The maximum Gasteiger partial charge on any atom is 0.411 e. The van der Waals surface area contributed by atoms with Crippen molar-refractivity contribution in [3.8, 4) is 0 Å². The number of urea groups is 1. The van der Waals surface area contributed by atoms with E-state index in [0.29, 0.717) is 0 Å². The van der Waals surface area contributed by atoms with Crippen molar-refractivity contribution >= 4 is 17.9 Å². The Morgan fingerprint density at radius 3 is 2.35 bits per heavy atom. The zero-order chi connectivity index (χ0) is 15.8. The van der Waals surface area contributed by atoms with Crippen LogP contribution < -0.4 is 16.4 Å². The second-order valence-electron chi connectivity index (χ2n) is 3.63. The SMILES string of the molecule is NC(=O)C[C@H](NC(=O)NCCOCC(F)(F)F)C(=O)O. The van der Waals surface area contributed by atoms with E-state index >= 15 is 0 Å². The number of aliphatic carboxylic acids is 1. The molecule has 0 heterocycles. The van der Waals surface area contributed by atoms with Crippen LogP contribution in [0.2, 0.25) is 0 Å². The predicted octanol–water partition coefficient (Wildman–Crippen LogP) is -0.807. The predicted molar refractivity (Wildman–Crippen MR) is 58.6 cm³/mol. The monoisotopic (exact) mass is 301 g/mol. The molecule has 0 saturated carbocycles. The van der Waals surface area contributed by atoms with Crippen molar-refractivity contribution in [2.24, 2.45) is 5.73 Å². The van der Waals surface area contributed by atoms with Gasteiger partial charge in [-0.3, -0.25) is 4.79 Å². The van der Waals surface area contributed by atoms with Crippen molar-refractivity contribution in [1.82, 2.24) is 10.6 Å². The highest BCUT2D eigenvalue weighted by Gasteiger charge is 2.27. The number of nitrogens with two attached hydrogens (primary N) is 1. The van der Waals surface area contributed by atoms with Gasteiger partial charge in [-0.15, -0.1) is 0 Å². The molecular weight excluding hydrogens is 287 g/mol. The highest BCUT2D eigenvalue weighted by Crippen LogP contribution is 2.13. The maximum atomic E-state index is 11.7. The van der Waals surface area contributed by atoms with Crippen LogP contribution in [-0.2, 0) is 14.3 Å². The van der Waals surface area contributed by atoms with Gasteiger partial charge in [-0.1, -0.05) is 0 Å². The lowest BCUT2D eigenvalue weighted by molar-refractivity contribution is -0.173. The van der Waals surface area contributed by atoms with Crippen molar-refractivity contribution in [3.05, 3.63) is 0 Å². The van der Waals surface area contributed by atoms with Crippen molar-refractivity contribution in [1.29, 1.82) is 0 Å². The average molecular weight is 301 g/mol. The quantitative estimate of drug-likeness (QED) is 0.436. The fourth-order valence-corrected chi connectivity index (χ4v) is 1.04. The number of alkyl halides is 3. The van der Waals surface area contributed by atoms with Gasteiger partial charge >= 0.3 is 18.2 Å². The number of nitrogens with one attached hydrogen (secondary N) is 2. The number of carbonyl (C=O) groups excluding carboxylic acids is 2. The molecule has 0 saturated heterocycles. The first-order chi connectivity index (χ1) is 9.11. The van der Waals surface area contributed by atoms with Crippen LogP contribution in [0.3, 0.4) is 0 Å². The second-order valence-corrected chi connectivity index (χ2v) is 3.63. The summed E-state index contributed by atoms with van der Waals surface area (Å²) < 4.78 is 39.3. The summed E-state index contributed by atoms with van der Waals surface area (Å²) in [6.45, 7) is -2.11. The molecule has 0 aromatic rings. The summed E-state index contributed by atoms with van der Waals surface area (Å²) in [6, 6.07) is -2.47. The number of amides is 3. The van der Waals surface area contributed by atoms with E-state index in [1.165, 1.54) is 0 Å². The average Bonchev–Trinajstić information content (AvgIpc) is 2.25. The van der Waals surface area contributed by atoms with Crippen LogP contribution in [-0.4, -0.2) is 55.0 Å². The Morgan fingerprint density at radius 2 is 1.90 bits per heavy atom. The lowest BCUT2D eigenvalue weighted by Gasteiger charge is -2.13. The van der Waals surface area contributed by atoms with Crippen LogP contribution in [0.1, 0.15) is 6.42 Å². The largest absolute Gasteiger partial charge is 0.480 e. The van der Waals surface area contributed by atoms with Crippen LogP contribution in [0.25, 0.3) is 0 Å². The van der Waals surface area contributed by atoms with Crippen LogP contribution in [0.4, 0.5) is 18.0 Å². The molecule has 0 aliphatic heterocycles. The molecule has 0 radical (unpaired) electrons. The zero-order valence-corrected chi connectivity index (χ0v) is 10.2. The number of hydrogen-bond acceptors (Lipinski definition) is 4. The summed E-state index contributed by atoms with van der Waals surface area (Å²) in [4.78, 5) is 32.4. The number of primary amides is 1. The molecule has 5 N–H and O–H groups in total. The summed E-state index contributed by atoms with van der Waals surface area (Å²) in [5.41, 5.74) is 4.79. The standard InChI is InChI=1S/C9H14F3N3O5/c10-9(11,12)4-20-2-1-14-8(19)15-5(7(17)18)3-6(13)16/h5H,1-4H2,(H2,13,16)(H,17,18)(H2,14,15,19)/t5-/m0/s1. The number of carboxylic acid groups (broad SMARTS) is 1. The second kappa shape index (κ2) is 8.19. The molecule has 0 unspecified atom stereocenters. The van der Waals surface area contributed by atoms with Crippen molar-refractivity contribution < 1.29 is 37.4 Å². The maximum absolute atomic E-state index is 11.7. The van der Waals surface area contributed by atoms with E-state index < -0.39 is 49.8 Å². The van der Waals surface area contributed by atoms with Gasteiger partial charge in [-0.2, -0.15) is 13.2 Å². The molecule has 20 heavy (non-hydrogen) atoms. The number of carboxylic acids is 1. The highest BCUT2D eigenvalue weighted by atomic mass is 19.4. The first kappa shape index (κ1) is 18.0. The molecule has 0 fully saturated rings. The third-order valence-electron chi connectivity index (χ3n) is 1.81. The molecular formula is C9H14F3N3O5. The fraction of sp³-hybridized carbons (Fsp3) is 0.667. The molecule has 0 aliphatic carbocycles. The van der Waals surface area contributed by atoms with Crippen molar-refractivity contribution in [2.75, 3.05) is 19.8 Å². The first-order valence-corrected chi connectivity index (χ1v) is 5.32. The molecule has 0 spiro atoms. The van der Waals surface area contributed by atoms with Gasteiger partial charge in [0, 0.05) is 6.54 Å². The molecule has 116 valence electrons. The molecule has 0 aromatic heterocycles. The van der Waals surface area contributed by atoms with Crippen LogP contribution in [0.15, 0.2) is 0 Å². The minimum absolute atomic E-state index is 0.259. The van der Waals surface area contributed by atoms with E-state index in [0.717, 1.165) is 0 Å². The number of rotatable bonds is 8. The Hall–Kier alpha value is -2.04. The summed E-state index contributed by atoms with van der Waals surface area (Å²) in [5.74, 6) is -2.39. The van der Waals surface area contributed by atoms with Crippen molar-refractivity contribution in [3.63, 3.8) is 0 Å². The number of carbonyl (C=O) groups is 3. The van der Waals surface area contributed by atoms with Crippen LogP contribution in [0, 0.1) is 0 Å². The fourth-order valence-electron chi connectivity index (χ4n) is 1.04. The Bertz CT molecular complexity index is 361. The third-order valence-corrected chi connectivity index (χ3v) is 1.81. The van der Waals surface area contributed by atoms with Crippen LogP contribution >= 0.6 is 0 Å². The first-order valence-electron chi connectivity index (χ1n) is 5.32. The van der Waals surface area contributed by atoms with Gasteiger partial charge in [0.15, 0.2) is 0 Å². The normalized spacial score (nSPS) is 12.6. The Kier molecular flexibility index (Phi) is 7.36. The smallest absolute Gasteiger partial charge is 0.411 e. The molecule has 0 aromatic carbocycles. The van der Waals surface area contributed by atoms with E-state index in [1.807, 2.05) is 5.32 Å². The molecule has 8 nitrogen and oxygen atoms in total.